The molecule has 0 bridgehead atoms. The van der Waals surface area contributed by atoms with Gasteiger partial charge >= 0.3 is 18.0 Å². The molecule has 2 aromatic carbocycles. The average Bonchev–Trinajstić information content (AvgIpc) is 2.84. The van der Waals surface area contributed by atoms with E-state index in [1.54, 1.807) is 62.3 Å². The third-order valence-corrected chi connectivity index (χ3v) is 5.50. The molecule has 1 amide bonds. The van der Waals surface area contributed by atoms with Gasteiger partial charge in [0.15, 0.2) is 0 Å². The van der Waals surface area contributed by atoms with Gasteiger partial charge in [-0.25, -0.2) is 9.59 Å². The second-order valence-electron chi connectivity index (χ2n) is 13.2. The Hall–Kier alpha value is -3.81. The smallest absolute Gasteiger partial charge is 0.408 e. The normalized spacial score (nSPS) is 13.6. The monoisotopic (exact) mass is 581 g/mol. The van der Waals surface area contributed by atoms with E-state index in [1.165, 1.54) is 0 Å². The van der Waals surface area contributed by atoms with Crippen LogP contribution in [-0.2, 0) is 30.4 Å². The number of nitrogens with one attached hydrogen (secondary N) is 1. The molecule has 0 aliphatic carbocycles. The third kappa shape index (κ3) is 14.2. The fourth-order valence-electron chi connectivity index (χ4n) is 3.78. The minimum Gasteiger partial charge on any atom is -0.489 e. The van der Waals surface area contributed by atoms with Crippen molar-refractivity contribution in [3.63, 3.8) is 0 Å². The van der Waals surface area contributed by atoms with Crippen LogP contribution in [0.15, 0.2) is 60.7 Å². The van der Waals surface area contributed by atoms with E-state index >= 15 is 0 Å². The van der Waals surface area contributed by atoms with Crippen molar-refractivity contribution in [2.45, 2.75) is 105 Å². The highest BCUT2D eigenvalue weighted by molar-refractivity contribution is 5.83. The average molecular weight is 582 g/mol. The molecule has 1 N–H and O–H groups in total. The summed E-state index contributed by atoms with van der Waals surface area (Å²) in [7, 11) is 0. The predicted octanol–water partition coefficient (Wildman–Crippen LogP) is 7.25. The van der Waals surface area contributed by atoms with Gasteiger partial charge in [0.1, 0.15) is 35.2 Å². The summed E-state index contributed by atoms with van der Waals surface area (Å²) in [5, 5.41) is 2.60. The first-order chi connectivity index (χ1) is 19.4. The highest BCUT2D eigenvalue weighted by atomic mass is 16.6. The summed E-state index contributed by atoms with van der Waals surface area (Å²) in [5.41, 5.74) is -0.281. The lowest BCUT2D eigenvalue weighted by molar-refractivity contribution is -0.162. The minimum absolute atomic E-state index is 0.0281. The molecule has 0 aromatic heterocycles. The second-order valence-corrected chi connectivity index (χ2v) is 13.2. The number of rotatable bonds is 11. The lowest BCUT2D eigenvalue weighted by Crippen LogP contribution is -2.47. The van der Waals surface area contributed by atoms with E-state index < -0.39 is 46.8 Å². The van der Waals surface area contributed by atoms with Crippen LogP contribution >= 0.6 is 0 Å². The molecule has 0 aliphatic rings. The molecule has 0 spiro atoms. The number of carbonyl (C=O) groups is 3. The number of alkyl carbamates (subject to hydrolysis) is 1. The molecule has 0 saturated carbocycles. The van der Waals surface area contributed by atoms with Crippen LogP contribution in [-0.4, -0.2) is 40.9 Å². The summed E-state index contributed by atoms with van der Waals surface area (Å²) in [6.45, 7) is 16.2. The van der Waals surface area contributed by atoms with Crippen LogP contribution in [0.4, 0.5) is 4.79 Å². The van der Waals surface area contributed by atoms with Crippen LogP contribution in [0.25, 0.3) is 6.08 Å². The molecule has 2 aromatic rings. The van der Waals surface area contributed by atoms with Gasteiger partial charge in [-0.15, -0.1) is 0 Å². The maximum absolute atomic E-state index is 13.2. The minimum atomic E-state index is -1.12. The summed E-state index contributed by atoms with van der Waals surface area (Å²) < 4.78 is 22.4. The number of ether oxygens (including phenoxy) is 4. The van der Waals surface area contributed by atoms with E-state index in [4.69, 9.17) is 18.9 Å². The van der Waals surface area contributed by atoms with Crippen molar-refractivity contribution in [3.8, 4) is 5.75 Å². The number of esters is 2. The molecule has 2 rings (SSSR count). The SMILES string of the molecule is CC(C)(C)OC(=O)NC(CC(CC=Cc1ccc(OCc2ccccc2)cc1)C(=O)OC(C)(C)C)C(=O)OC(C)(C)C. The zero-order valence-corrected chi connectivity index (χ0v) is 26.5. The predicted molar refractivity (Wildman–Crippen MR) is 164 cm³/mol. The first-order valence-electron chi connectivity index (χ1n) is 14.3. The van der Waals surface area contributed by atoms with Crippen molar-refractivity contribution in [3.05, 3.63) is 71.8 Å². The fourth-order valence-corrected chi connectivity index (χ4v) is 3.78. The van der Waals surface area contributed by atoms with Crippen LogP contribution < -0.4 is 10.1 Å². The van der Waals surface area contributed by atoms with E-state index in [-0.39, 0.29) is 12.8 Å². The summed E-state index contributed by atoms with van der Waals surface area (Å²) in [5.74, 6) is -1.12. The van der Waals surface area contributed by atoms with Crippen molar-refractivity contribution in [2.75, 3.05) is 0 Å². The standard InChI is InChI=1S/C34H47NO7/c1-32(2,3)40-29(36)26(22-28(30(37)41-33(4,5)6)35-31(38)42-34(7,8)9)17-13-16-24-18-20-27(21-19-24)39-23-25-14-11-10-12-15-25/h10-16,18-21,26,28H,17,22-23H2,1-9H3,(H,35,38). The summed E-state index contributed by atoms with van der Waals surface area (Å²) in [6, 6.07) is 16.4. The van der Waals surface area contributed by atoms with Gasteiger partial charge < -0.3 is 24.3 Å². The highest BCUT2D eigenvalue weighted by Crippen LogP contribution is 2.23. The molecule has 0 radical (unpaired) electrons. The van der Waals surface area contributed by atoms with Crippen LogP contribution in [0.3, 0.4) is 0 Å². The van der Waals surface area contributed by atoms with Gasteiger partial charge in [0.2, 0.25) is 0 Å². The van der Waals surface area contributed by atoms with Crippen molar-refractivity contribution < 1.29 is 33.3 Å². The summed E-state index contributed by atoms with van der Waals surface area (Å²) in [6.07, 6.45) is 3.22. The Morgan fingerprint density at radius 3 is 1.83 bits per heavy atom. The number of amides is 1. The molecular formula is C34H47NO7. The Morgan fingerprint density at radius 2 is 1.29 bits per heavy atom. The molecule has 8 heteroatoms. The maximum Gasteiger partial charge on any atom is 0.408 e. The van der Waals surface area contributed by atoms with Crippen LogP contribution in [0.5, 0.6) is 5.75 Å². The van der Waals surface area contributed by atoms with E-state index in [0.717, 1.165) is 16.9 Å². The first-order valence-corrected chi connectivity index (χ1v) is 14.3. The van der Waals surface area contributed by atoms with Crippen LogP contribution in [0.2, 0.25) is 0 Å². The number of hydrogen-bond donors (Lipinski definition) is 1. The van der Waals surface area contributed by atoms with Crippen molar-refractivity contribution >= 4 is 24.1 Å². The van der Waals surface area contributed by atoms with Crippen LogP contribution in [0, 0.1) is 5.92 Å². The van der Waals surface area contributed by atoms with Gasteiger partial charge in [0, 0.05) is 0 Å². The Morgan fingerprint density at radius 1 is 0.738 bits per heavy atom. The van der Waals surface area contributed by atoms with E-state index in [1.807, 2.05) is 66.7 Å². The third-order valence-electron chi connectivity index (χ3n) is 5.50. The Kier molecular flexibility index (Phi) is 12.2. The van der Waals surface area contributed by atoms with Crippen molar-refractivity contribution in [1.29, 1.82) is 0 Å². The maximum atomic E-state index is 13.2. The second kappa shape index (κ2) is 14.9. The molecular weight excluding hydrogens is 534 g/mol. The zero-order valence-electron chi connectivity index (χ0n) is 26.5. The highest BCUT2D eigenvalue weighted by Gasteiger charge is 2.34. The van der Waals surface area contributed by atoms with Gasteiger partial charge in [0.05, 0.1) is 5.92 Å². The van der Waals surface area contributed by atoms with Gasteiger partial charge in [-0.05, 0) is 98.4 Å². The number of hydrogen-bond acceptors (Lipinski definition) is 7. The van der Waals surface area contributed by atoms with Crippen molar-refractivity contribution in [2.24, 2.45) is 5.92 Å². The Labute approximate surface area is 250 Å². The topological polar surface area (TPSA) is 100 Å². The van der Waals surface area contributed by atoms with E-state index in [0.29, 0.717) is 6.61 Å². The van der Waals surface area contributed by atoms with Gasteiger partial charge in [0.25, 0.3) is 0 Å². The van der Waals surface area contributed by atoms with Crippen molar-refractivity contribution in [1.82, 2.24) is 5.32 Å². The molecule has 0 saturated heterocycles. The number of allylic oxidation sites excluding steroid dienone is 1. The van der Waals surface area contributed by atoms with E-state index in [9.17, 15) is 14.4 Å². The first kappa shape index (κ1) is 34.4. The summed E-state index contributed by atoms with van der Waals surface area (Å²) in [4.78, 5) is 38.9. The van der Waals surface area contributed by atoms with Gasteiger partial charge in [-0.2, -0.15) is 0 Å². The molecule has 230 valence electrons. The van der Waals surface area contributed by atoms with Gasteiger partial charge in [-0.1, -0.05) is 54.6 Å². The van der Waals surface area contributed by atoms with E-state index in [2.05, 4.69) is 5.32 Å². The van der Waals surface area contributed by atoms with Gasteiger partial charge in [-0.3, -0.25) is 4.79 Å². The Bertz CT molecular complexity index is 1180. The molecule has 42 heavy (non-hydrogen) atoms. The number of benzene rings is 2. The molecule has 2 atom stereocenters. The molecule has 0 aliphatic heterocycles. The Balaban J connectivity index is 2.17. The largest absolute Gasteiger partial charge is 0.489 e. The molecule has 2 unspecified atom stereocenters. The molecule has 0 heterocycles. The summed E-state index contributed by atoms with van der Waals surface area (Å²) >= 11 is 0. The zero-order chi connectivity index (χ0) is 31.6. The lowest BCUT2D eigenvalue weighted by Gasteiger charge is -2.29. The fraction of sp³-hybridized carbons (Fsp3) is 0.500. The van der Waals surface area contributed by atoms with Crippen LogP contribution in [0.1, 0.15) is 86.3 Å². The quantitative estimate of drug-likeness (QED) is 0.220. The lowest BCUT2D eigenvalue weighted by atomic mass is 9.95. The number of carbonyl (C=O) groups excluding carboxylic acids is 3. The molecule has 8 nitrogen and oxygen atoms in total. The molecule has 0 fully saturated rings.